The minimum atomic E-state index is 0.733. The van der Waals surface area contributed by atoms with E-state index in [9.17, 15) is 0 Å². The van der Waals surface area contributed by atoms with Gasteiger partial charge in [-0.25, -0.2) is 0 Å². The summed E-state index contributed by atoms with van der Waals surface area (Å²) in [5, 5.41) is 3.38. The first-order chi connectivity index (χ1) is 9.24. The molecule has 0 saturated carbocycles. The van der Waals surface area contributed by atoms with E-state index in [0.29, 0.717) is 0 Å². The molecule has 0 spiro atoms. The minimum Gasteiger partial charge on any atom is -0.494 e. The maximum atomic E-state index is 5.41. The van der Waals surface area contributed by atoms with Gasteiger partial charge in [-0.2, -0.15) is 0 Å². The molecule has 19 heavy (non-hydrogen) atoms. The molecule has 0 bridgehead atoms. The van der Waals surface area contributed by atoms with Crippen LogP contribution >= 0.6 is 0 Å². The molecule has 0 aromatic heterocycles. The van der Waals surface area contributed by atoms with E-state index in [2.05, 4.69) is 17.4 Å². The Morgan fingerprint density at radius 3 is 2.05 bits per heavy atom. The van der Waals surface area contributed by atoms with Gasteiger partial charge in [0.25, 0.3) is 0 Å². The molecule has 1 N–H and O–H groups in total. The van der Waals surface area contributed by atoms with E-state index < -0.39 is 0 Å². The summed E-state index contributed by atoms with van der Waals surface area (Å²) in [6, 6.07) is 14.2. The molecule has 3 nitrogen and oxygen atoms in total. The Kier molecular flexibility index (Phi) is 4.29. The van der Waals surface area contributed by atoms with Crippen molar-refractivity contribution in [2.45, 2.75) is 13.5 Å². The van der Waals surface area contributed by atoms with Gasteiger partial charge < -0.3 is 14.8 Å². The van der Waals surface area contributed by atoms with Crippen LogP contribution in [0, 0.1) is 6.92 Å². The topological polar surface area (TPSA) is 30.5 Å². The van der Waals surface area contributed by atoms with E-state index >= 15 is 0 Å². The summed E-state index contributed by atoms with van der Waals surface area (Å²) in [6.07, 6.45) is 0. The molecule has 3 heteroatoms. The zero-order valence-electron chi connectivity index (χ0n) is 11.6. The van der Waals surface area contributed by atoms with E-state index in [1.807, 2.05) is 37.3 Å². The Labute approximate surface area is 114 Å². The third-order valence-corrected chi connectivity index (χ3v) is 2.96. The number of nitrogens with one attached hydrogen (secondary N) is 1. The number of benzene rings is 2. The Balaban J connectivity index is 2.23. The predicted molar refractivity (Wildman–Crippen MR) is 78.1 cm³/mol. The molecule has 100 valence electrons. The number of methoxy groups -OCH3 is 2. The van der Waals surface area contributed by atoms with Gasteiger partial charge in [-0.1, -0.05) is 30.3 Å². The monoisotopic (exact) mass is 257 g/mol. The molecule has 0 aliphatic heterocycles. The summed E-state index contributed by atoms with van der Waals surface area (Å²) in [5.41, 5.74) is 3.21. The second kappa shape index (κ2) is 6.14. The van der Waals surface area contributed by atoms with Crippen molar-refractivity contribution < 1.29 is 9.47 Å². The smallest absolute Gasteiger partial charge is 0.146 e. The van der Waals surface area contributed by atoms with Gasteiger partial charge in [0.15, 0.2) is 0 Å². The van der Waals surface area contributed by atoms with Crippen LogP contribution in [0.15, 0.2) is 42.5 Å². The van der Waals surface area contributed by atoms with E-state index in [1.54, 1.807) is 14.2 Å². The van der Waals surface area contributed by atoms with E-state index in [1.165, 1.54) is 5.56 Å². The average molecular weight is 257 g/mol. The number of hydrogen-bond acceptors (Lipinski definition) is 3. The van der Waals surface area contributed by atoms with E-state index in [0.717, 1.165) is 29.3 Å². The van der Waals surface area contributed by atoms with E-state index in [-0.39, 0.29) is 0 Å². The second-order valence-electron chi connectivity index (χ2n) is 4.38. The molecule has 0 atom stereocenters. The number of anilines is 1. The standard InChI is InChI=1S/C16H19NO2/c1-12-9-14(18-2)16(15(10-12)19-3)17-11-13-7-5-4-6-8-13/h4-10,17H,11H2,1-3H3. The SMILES string of the molecule is COc1cc(C)cc(OC)c1NCc1ccccc1. The van der Waals surface area contributed by atoms with Gasteiger partial charge >= 0.3 is 0 Å². The number of rotatable bonds is 5. The highest BCUT2D eigenvalue weighted by Gasteiger charge is 2.10. The molecule has 0 unspecified atom stereocenters. The average Bonchev–Trinajstić information content (AvgIpc) is 2.46. The van der Waals surface area contributed by atoms with Crippen LogP contribution in [0.3, 0.4) is 0 Å². The van der Waals surface area contributed by atoms with Crippen LogP contribution in [0.2, 0.25) is 0 Å². The second-order valence-corrected chi connectivity index (χ2v) is 4.38. The summed E-state index contributed by atoms with van der Waals surface area (Å²) >= 11 is 0. The summed E-state index contributed by atoms with van der Waals surface area (Å²) in [5.74, 6) is 1.60. The van der Waals surface area contributed by atoms with Gasteiger partial charge in [0.05, 0.1) is 14.2 Å². The molecule has 0 aliphatic carbocycles. The van der Waals surface area contributed by atoms with Crippen LogP contribution in [0.25, 0.3) is 0 Å². The van der Waals surface area contributed by atoms with Crippen molar-refractivity contribution in [2.24, 2.45) is 0 Å². The van der Waals surface area contributed by atoms with Crippen LogP contribution in [0.5, 0.6) is 11.5 Å². The molecular weight excluding hydrogens is 238 g/mol. The third-order valence-electron chi connectivity index (χ3n) is 2.96. The van der Waals surface area contributed by atoms with Crippen molar-refractivity contribution in [1.29, 1.82) is 0 Å². The van der Waals surface area contributed by atoms with Crippen molar-refractivity contribution in [2.75, 3.05) is 19.5 Å². The van der Waals surface area contributed by atoms with E-state index in [4.69, 9.17) is 9.47 Å². The lowest BCUT2D eigenvalue weighted by atomic mass is 10.1. The van der Waals surface area contributed by atoms with Crippen LogP contribution < -0.4 is 14.8 Å². The largest absolute Gasteiger partial charge is 0.494 e. The fourth-order valence-electron chi connectivity index (χ4n) is 2.00. The zero-order valence-corrected chi connectivity index (χ0v) is 11.6. The quantitative estimate of drug-likeness (QED) is 0.887. The lowest BCUT2D eigenvalue weighted by Crippen LogP contribution is -2.03. The Morgan fingerprint density at radius 1 is 0.947 bits per heavy atom. The molecular formula is C16H19NO2. The number of hydrogen-bond donors (Lipinski definition) is 1. The maximum Gasteiger partial charge on any atom is 0.146 e. The molecule has 0 heterocycles. The summed E-state index contributed by atoms with van der Waals surface area (Å²) in [4.78, 5) is 0. The lowest BCUT2D eigenvalue weighted by molar-refractivity contribution is 0.397. The fraction of sp³-hybridized carbons (Fsp3) is 0.250. The number of ether oxygens (including phenoxy) is 2. The summed E-state index contributed by atoms with van der Waals surface area (Å²) in [6.45, 7) is 2.75. The molecule has 2 rings (SSSR count). The Morgan fingerprint density at radius 2 is 1.53 bits per heavy atom. The molecule has 0 fully saturated rings. The minimum absolute atomic E-state index is 0.733. The maximum absolute atomic E-state index is 5.41. The highest BCUT2D eigenvalue weighted by Crippen LogP contribution is 2.36. The summed E-state index contributed by atoms with van der Waals surface area (Å²) < 4.78 is 10.8. The molecule has 2 aromatic carbocycles. The molecule has 0 amide bonds. The van der Waals surface area contributed by atoms with Crippen LogP contribution in [-0.2, 0) is 6.54 Å². The van der Waals surface area contributed by atoms with Crippen LogP contribution in [0.1, 0.15) is 11.1 Å². The Bertz CT molecular complexity index is 513. The van der Waals surface area contributed by atoms with Crippen molar-refractivity contribution >= 4 is 5.69 Å². The number of aryl methyl sites for hydroxylation is 1. The van der Waals surface area contributed by atoms with Gasteiger partial charge in [0.1, 0.15) is 17.2 Å². The van der Waals surface area contributed by atoms with Crippen LogP contribution in [0.4, 0.5) is 5.69 Å². The fourth-order valence-corrected chi connectivity index (χ4v) is 2.00. The van der Waals surface area contributed by atoms with Crippen molar-refractivity contribution in [3.63, 3.8) is 0 Å². The molecule has 0 aliphatic rings. The molecule has 2 aromatic rings. The first kappa shape index (κ1) is 13.3. The van der Waals surface area contributed by atoms with Gasteiger partial charge in [-0.15, -0.1) is 0 Å². The first-order valence-corrected chi connectivity index (χ1v) is 6.25. The van der Waals surface area contributed by atoms with Gasteiger partial charge in [0.2, 0.25) is 0 Å². The normalized spacial score (nSPS) is 10.1. The van der Waals surface area contributed by atoms with Crippen LogP contribution in [-0.4, -0.2) is 14.2 Å². The van der Waals surface area contributed by atoms with Crippen molar-refractivity contribution in [3.8, 4) is 11.5 Å². The zero-order chi connectivity index (χ0) is 13.7. The van der Waals surface area contributed by atoms with Gasteiger partial charge in [0, 0.05) is 6.54 Å². The van der Waals surface area contributed by atoms with Crippen molar-refractivity contribution in [3.05, 3.63) is 53.6 Å². The van der Waals surface area contributed by atoms with Crippen molar-refractivity contribution in [1.82, 2.24) is 0 Å². The summed E-state index contributed by atoms with van der Waals surface area (Å²) in [7, 11) is 3.34. The highest BCUT2D eigenvalue weighted by atomic mass is 16.5. The van der Waals surface area contributed by atoms with Gasteiger partial charge in [-0.3, -0.25) is 0 Å². The first-order valence-electron chi connectivity index (χ1n) is 6.25. The highest BCUT2D eigenvalue weighted by molar-refractivity contribution is 5.67. The van der Waals surface area contributed by atoms with Gasteiger partial charge in [-0.05, 0) is 30.2 Å². The lowest BCUT2D eigenvalue weighted by Gasteiger charge is -2.16. The predicted octanol–water partition coefficient (Wildman–Crippen LogP) is 3.62. The molecule has 0 radical (unpaired) electrons. The Hall–Kier alpha value is -2.16. The third kappa shape index (κ3) is 3.19. The molecule has 0 saturated heterocycles.